The Hall–Kier alpha value is -2.24. The van der Waals surface area contributed by atoms with Gasteiger partial charge in [0, 0.05) is 38.8 Å². The van der Waals surface area contributed by atoms with Crippen molar-refractivity contribution in [1.82, 2.24) is 10.6 Å². The third-order valence-corrected chi connectivity index (χ3v) is 3.21. The quantitative estimate of drug-likeness (QED) is 0.716. The van der Waals surface area contributed by atoms with E-state index in [-0.39, 0.29) is 18.9 Å². The number of carbonyl (C=O) groups excluding carboxylic acids is 2. The summed E-state index contributed by atoms with van der Waals surface area (Å²) in [5.74, 6) is -0.0755. The average molecular weight is 335 g/mol. The number of amides is 2. The molecule has 0 unspecified atom stereocenters. The third kappa shape index (κ3) is 9.02. The standard InChI is InChI=1S/C18H29N3O3/c1-18(2,3)24-17(23)20-13-11-16(22)19-12-8-14-21(4)15-9-6-5-7-10-15/h5-7,9-10H,8,11-14H2,1-4H3,(H,19,22)(H,20,23). The molecule has 1 aromatic carbocycles. The number of rotatable bonds is 8. The maximum absolute atomic E-state index is 11.7. The molecule has 0 radical (unpaired) electrons. The summed E-state index contributed by atoms with van der Waals surface area (Å²) in [6.07, 6.45) is 0.601. The van der Waals surface area contributed by atoms with Crippen LogP contribution in [0.5, 0.6) is 0 Å². The van der Waals surface area contributed by atoms with Gasteiger partial charge in [0.05, 0.1) is 0 Å². The Morgan fingerprint density at radius 3 is 2.38 bits per heavy atom. The molecule has 0 aliphatic heterocycles. The van der Waals surface area contributed by atoms with E-state index in [2.05, 4.69) is 27.7 Å². The number of ether oxygens (including phenoxy) is 1. The lowest BCUT2D eigenvalue weighted by atomic mass is 10.2. The number of alkyl carbamates (subject to hydrolysis) is 1. The van der Waals surface area contributed by atoms with Crippen LogP contribution in [-0.4, -0.2) is 44.3 Å². The van der Waals surface area contributed by atoms with Gasteiger partial charge >= 0.3 is 6.09 Å². The largest absolute Gasteiger partial charge is 0.444 e. The van der Waals surface area contributed by atoms with Crippen LogP contribution in [0.15, 0.2) is 30.3 Å². The van der Waals surface area contributed by atoms with Gasteiger partial charge in [-0.25, -0.2) is 4.79 Å². The molecule has 0 aromatic heterocycles. The van der Waals surface area contributed by atoms with E-state index in [0.29, 0.717) is 6.54 Å². The Kier molecular flexibility index (Phi) is 8.09. The number of anilines is 1. The maximum atomic E-state index is 11.7. The van der Waals surface area contributed by atoms with Crippen LogP contribution in [0.1, 0.15) is 33.6 Å². The van der Waals surface area contributed by atoms with Gasteiger partial charge in [-0.05, 0) is 39.3 Å². The molecular formula is C18H29N3O3. The van der Waals surface area contributed by atoms with Gasteiger partial charge in [0.2, 0.25) is 5.91 Å². The highest BCUT2D eigenvalue weighted by atomic mass is 16.6. The van der Waals surface area contributed by atoms with Crippen LogP contribution in [0, 0.1) is 0 Å². The van der Waals surface area contributed by atoms with Crippen molar-refractivity contribution in [3.05, 3.63) is 30.3 Å². The van der Waals surface area contributed by atoms with Crippen molar-refractivity contribution in [1.29, 1.82) is 0 Å². The number of hydrogen-bond donors (Lipinski definition) is 2. The molecule has 0 aliphatic rings. The highest BCUT2D eigenvalue weighted by Crippen LogP contribution is 2.10. The van der Waals surface area contributed by atoms with E-state index in [1.165, 1.54) is 0 Å². The van der Waals surface area contributed by atoms with Crippen molar-refractivity contribution >= 4 is 17.7 Å². The molecule has 1 rings (SSSR count). The molecule has 1 aromatic rings. The molecule has 0 spiro atoms. The van der Waals surface area contributed by atoms with Gasteiger partial charge in [0.25, 0.3) is 0 Å². The molecule has 0 saturated carbocycles. The Morgan fingerprint density at radius 2 is 1.75 bits per heavy atom. The smallest absolute Gasteiger partial charge is 0.407 e. The first-order valence-electron chi connectivity index (χ1n) is 8.27. The highest BCUT2D eigenvalue weighted by Gasteiger charge is 2.15. The Labute approximate surface area is 144 Å². The average Bonchev–Trinajstić information content (AvgIpc) is 2.50. The molecule has 0 bridgehead atoms. The molecule has 24 heavy (non-hydrogen) atoms. The molecule has 6 nitrogen and oxygen atoms in total. The Balaban J connectivity index is 2.09. The maximum Gasteiger partial charge on any atom is 0.407 e. The number of nitrogens with zero attached hydrogens (tertiary/aromatic N) is 1. The molecule has 0 atom stereocenters. The lowest BCUT2D eigenvalue weighted by molar-refractivity contribution is -0.120. The van der Waals surface area contributed by atoms with Crippen molar-refractivity contribution < 1.29 is 14.3 Å². The van der Waals surface area contributed by atoms with Gasteiger partial charge in [-0.3, -0.25) is 4.79 Å². The van der Waals surface area contributed by atoms with Crippen LogP contribution in [0.4, 0.5) is 10.5 Å². The first-order valence-corrected chi connectivity index (χ1v) is 8.27. The highest BCUT2D eigenvalue weighted by molar-refractivity contribution is 5.77. The first kappa shape index (κ1) is 19.8. The van der Waals surface area contributed by atoms with Crippen LogP contribution in [-0.2, 0) is 9.53 Å². The first-order chi connectivity index (χ1) is 11.3. The third-order valence-electron chi connectivity index (χ3n) is 3.21. The van der Waals surface area contributed by atoms with E-state index in [1.54, 1.807) is 20.8 Å². The zero-order chi connectivity index (χ0) is 18.0. The summed E-state index contributed by atoms with van der Waals surface area (Å²) < 4.78 is 5.10. The lowest BCUT2D eigenvalue weighted by Crippen LogP contribution is -2.35. The monoisotopic (exact) mass is 335 g/mol. The van der Waals surface area contributed by atoms with Crippen molar-refractivity contribution in [2.24, 2.45) is 0 Å². The van der Waals surface area contributed by atoms with E-state index >= 15 is 0 Å². The van der Waals surface area contributed by atoms with E-state index in [0.717, 1.165) is 18.7 Å². The van der Waals surface area contributed by atoms with Crippen LogP contribution in [0.2, 0.25) is 0 Å². The van der Waals surface area contributed by atoms with Crippen LogP contribution >= 0.6 is 0 Å². The predicted molar refractivity (Wildman–Crippen MR) is 96.2 cm³/mol. The van der Waals surface area contributed by atoms with Crippen LogP contribution in [0.3, 0.4) is 0 Å². The number of nitrogens with one attached hydrogen (secondary N) is 2. The second-order valence-corrected chi connectivity index (χ2v) is 6.64. The Bertz CT molecular complexity index is 512. The van der Waals surface area contributed by atoms with Gasteiger partial charge in [-0.1, -0.05) is 18.2 Å². The lowest BCUT2D eigenvalue weighted by Gasteiger charge is -2.20. The van der Waals surface area contributed by atoms with Crippen molar-refractivity contribution in [3.8, 4) is 0 Å². The van der Waals surface area contributed by atoms with Crippen molar-refractivity contribution in [3.63, 3.8) is 0 Å². The molecule has 0 saturated heterocycles. The van der Waals surface area contributed by atoms with E-state index in [1.807, 2.05) is 25.2 Å². The van der Waals surface area contributed by atoms with E-state index < -0.39 is 11.7 Å². The molecular weight excluding hydrogens is 306 g/mol. The second-order valence-electron chi connectivity index (χ2n) is 6.64. The molecule has 2 amide bonds. The molecule has 2 N–H and O–H groups in total. The minimum absolute atomic E-state index is 0.0755. The molecule has 134 valence electrons. The normalized spacial score (nSPS) is 10.8. The summed E-state index contributed by atoms with van der Waals surface area (Å²) in [5, 5.41) is 5.42. The van der Waals surface area contributed by atoms with Crippen LogP contribution in [0.25, 0.3) is 0 Å². The van der Waals surface area contributed by atoms with Crippen molar-refractivity contribution in [2.75, 3.05) is 31.6 Å². The molecule has 0 fully saturated rings. The van der Waals surface area contributed by atoms with Crippen LogP contribution < -0.4 is 15.5 Å². The molecule has 0 heterocycles. The number of benzene rings is 1. The van der Waals surface area contributed by atoms with Gasteiger partial charge in [0.15, 0.2) is 0 Å². The fourth-order valence-electron chi connectivity index (χ4n) is 2.04. The predicted octanol–water partition coefficient (Wildman–Crippen LogP) is 2.54. The summed E-state index contributed by atoms with van der Waals surface area (Å²) in [4.78, 5) is 25.3. The summed E-state index contributed by atoms with van der Waals surface area (Å²) in [7, 11) is 2.03. The molecule has 0 aliphatic carbocycles. The Morgan fingerprint density at radius 1 is 1.08 bits per heavy atom. The summed E-state index contributed by atoms with van der Waals surface area (Å²) in [5.41, 5.74) is 0.627. The summed E-state index contributed by atoms with van der Waals surface area (Å²) >= 11 is 0. The topological polar surface area (TPSA) is 70.7 Å². The van der Waals surface area contributed by atoms with E-state index in [9.17, 15) is 9.59 Å². The minimum Gasteiger partial charge on any atom is -0.444 e. The number of hydrogen-bond acceptors (Lipinski definition) is 4. The fraction of sp³-hybridized carbons (Fsp3) is 0.556. The zero-order valence-corrected chi connectivity index (χ0v) is 15.1. The van der Waals surface area contributed by atoms with E-state index in [4.69, 9.17) is 4.74 Å². The molecule has 6 heteroatoms. The number of para-hydroxylation sites is 1. The zero-order valence-electron chi connectivity index (χ0n) is 15.1. The summed E-state index contributed by atoms with van der Waals surface area (Å²) in [6, 6.07) is 10.1. The van der Waals surface area contributed by atoms with Gasteiger partial charge in [-0.15, -0.1) is 0 Å². The minimum atomic E-state index is -0.531. The van der Waals surface area contributed by atoms with Gasteiger partial charge in [-0.2, -0.15) is 0 Å². The summed E-state index contributed by atoms with van der Waals surface area (Å²) in [6.45, 7) is 7.14. The van der Waals surface area contributed by atoms with Gasteiger partial charge < -0.3 is 20.3 Å². The fourth-order valence-corrected chi connectivity index (χ4v) is 2.04. The van der Waals surface area contributed by atoms with Crippen molar-refractivity contribution in [2.45, 2.75) is 39.2 Å². The van der Waals surface area contributed by atoms with Gasteiger partial charge in [0.1, 0.15) is 5.60 Å². The SMILES string of the molecule is CN(CCCNC(=O)CCNC(=O)OC(C)(C)C)c1ccccc1. The second kappa shape index (κ2) is 9.80. The number of carbonyl (C=O) groups is 2.